The Balaban J connectivity index is 2.21. The summed E-state index contributed by atoms with van der Waals surface area (Å²) in [4.78, 5) is 2.73. The van der Waals surface area contributed by atoms with Crippen LogP contribution in [0.15, 0.2) is 0 Å². The molecule has 19 heavy (non-hydrogen) atoms. The first-order valence-electron chi connectivity index (χ1n) is 8.55. The second-order valence-electron chi connectivity index (χ2n) is 7.01. The highest BCUT2D eigenvalue weighted by Crippen LogP contribution is 2.30. The minimum absolute atomic E-state index is 0.406. The van der Waals surface area contributed by atoms with Crippen LogP contribution in [0.5, 0.6) is 0 Å². The molecule has 1 saturated heterocycles. The van der Waals surface area contributed by atoms with Crippen LogP contribution in [0.25, 0.3) is 0 Å². The maximum absolute atomic E-state index is 5.62. The Hall–Kier alpha value is -0.0800. The summed E-state index contributed by atoms with van der Waals surface area (Å²) >= 11 is 0. The van der Waals surface area contributed by atoms with Crippen molar-refractivity contribution in [3.8, 4) is 0 Å². The molecule has 0 radical (unpaired) electrons. The molecule has 0 spiro atoms. The Bertz CT molecular complexity index is 225. The molecule has 0 aromatic heterocycles. The van der Waals surface area contributed by atoms with Crippen molar-refractivity contribution >= 4 is 0 Å². The van der Waals surface area contributed by atoms with Gasteiger partial charge >= 0.3 is 0 Å². The zero-order valence-electron chi connectivity index (χ0n) is 13.6. The molecular weight excluding hydrogens is 232 g/mol. The fraction of sp³-hybridized carbons (Fsp3) is 1.00. The smallest absolute Gasteiger partial charge is 0.0153 e. The standard InChI is InChI=1S/C17H36N2/c1-4-5-6-7-8-12-17(2,3)19-14-11-16(15-19)10-9-13-18/h16H,4-15,18H2,1-3H3/t16-/m0/s1. The molecule has 0 unspecified atom stereocenters. The third kappa shape index (κ3) is 6.27. The van der Waals surface area contributed by atoms with E-state index in [1.165, 1.54) is 70.9 Å². The highest BCUT2D eigenvalue weighted by atomic mass is 15.2. The summed E-state index contributed by atoms with van der Waals surface area (Å²) in [6, 6.07) is 0. The van der Waals surface area contributed by atoms with Gasteiger partial charge in [-0.1, -0.05) is 39.0 Å². The van der Waals surface area contributed by atoms with Crippen molar-refractivity contribution in [1.29, 1.82) is 0 Å². The number of nitrogens with zero attached hydrogens (tertiary/aromatic N) is 1. The van der Waals surface area contributed by atoms with Crippen LogP contribution in [0.4, 0.5) is 0 Å². The zero-order chi connectivity index (χ0) is 14.1. The first kappa shape index (κ1) is 17.0. The first-order chi connectivity index (χ1) is 9.10. The van der Waals surface area contributed by atoms with Gasteiger partial charge in [0.05, 0.1) is 0 Å². The maximum atomic E-state index is 5.62. The van der Waals surface area contributed by atoms with Crippen LogP contribution < -0.4 is 5.73 Å². The molecule has 1 aliphatic rings. The summed E-state index contributed by atoms with van der Waals surface area (Å²) in [6.45, 7) is 10.6. The summed E-state index contributed by atoms with van der Waals surface area (Å²) < 4.78 is 0. The topological polar surface area (TPSA) is 29.3 Å². The fourth-order valence-electron chi connectivity index (χ4n) is 3.34. The van der Waals surface area contributed by atoms with E-state index in [1.54, 1.807) is 0 Å². The molecule has 0 saturated carbocycles. The molecule has 1 heterocycles. The van der Waals surface area contributed by atoms with E-state index < -0.39 is 0 Å². The van der Waals surface area contributed by atoms with Gasteiger partial charge in [0.25, 0.3) is 0 Å². The van der Waals surface area contributed by atoms with Gasteiger partial charge in [0.1, 0.15) is 0 Å². The fourth-order valence-corrected chi connectivity index (χ4v) is 3.34. The lowest BCUT2D eigenvalue weighted by molar-refractivity contribution is 0.134. The molecule has 1 rings (SSSR count). The molecule has 2 heteroatoms. The van der Waals surface area contributed by atoms with Crippen LogP contribution in [0, 0.1) is 5.92 Å². The summed E-state index contributed by atoms with van der Waals surface area (Å²) in [5.41, 5.74) is 6.03. The maximum Gasteiger partial charge on any atom is 0.0153 e. The van der Waals surface area contributed by atoms with Crippen LogP contribution in [0.3, 0.4) is 0 Å². The van der Waals surface area contributed by atoms with Gasteiger partial charge in [0.2, 0.25) is 0 Å². The molecule has 1 fully saturated rings. The molecule has 2 N–H and O–H groups in total. The van der Waals surface area contributed by atoms with Crippen molar-refractivity contribution in [3.63, 3.8) is 0 Å². The van der Waals surface area contributed by atoms with Crippen molar-refractivity contribution in [2.24, 2.45) is 11.7 Å². The summed E-state index contributed by atoms with van der Waals surface area (Å²) in [5.74, 6) is 0.905. The zero-order valence-corrected chi connectivity index (χ0v) is 13.6. The highest BCUT2D eigenvalue weighted by Gasteiger charge is 2.32. The van der Waals surface area contributed by atoms with E-state index in [2.05, 4.69) is 25.7 Å². The Labute approximate surface area is 121 Å². The van der Waals surface area contributed by atoms with E-state index in [4.69, 9.17) is 5.73 Å². The molecular formula is C17H36N2. The van der Waals surface area contributed by atoms with Gasteiger partial charge in [0, 0.05) is 12.1 Å². The van der Waals surface area contributed by atoms with Crippen LogP contribution in [-0.4, -0.2) is 30.1 Å². The Morgan fingerprint density at radius 3 is 2.53 bits per heavy atom. The number of hydrogen-bond acceptors (Lipinski definition) is 2. The van der Waals surface area contributed by atoms with Crippen molar-refractivity contribution in [2.75, 3.05) is 19.6 Å². The van der Waals surface area contributed by atoms with Crippen molar-refractivity contribution in [2.45, 2.75) is 84.1 Å². The van der Waals surface area contributed by atoms with E-state index >= 15 is 0 Å². The van der Waals surface area contributed by atoms with Crippen molar-refractivity contribution in [1.82, 2.24) is 4.90 Å². The third-order valence-electron chi connectivity index (χ3n) is 4.85. The van der Waals surface area contributed by atoms with Gasteiger partial charge in [-0.05, 0) is 58.5 Å². The monoisotopic (exact) mass is 268 g/mol. The predicted octanol–water partition coefficient (Wildman–Crippen LogP) is 4.19. The molecule has 0 bridgehead atoms. The largest absolute Gasteiger partial charge is 0.330 e. The quantitative estimate of drug-likeness (QED) is 0.602. The highest BCUT2D eigenvalue weighted by molar-refractivity contribution is 4.87. The van der Waals surface area contributed by atoms with Gasteiger partial charge in [-0.2, -0.15) is 0 Å². The number of rotatable bonds is 10. The van der Waals surface area contributed by atoms with E-state index in [0.29, 0.717) is 5.54 Å². The average molecular weight is 268 g/mol. The SMILES string of the molecule is CCCCCCCC(C)(C)N1CC[C@H](CCCN)C1. The molecule has 2 nitrogen and oxygen atoms in total. The lowest BCUT2D eigenvalue weighted by atomic mass is 9.94. The van der Waals surface area contributed by atoms with Crippen molar-refractivity contribution < 1.29 is 0 Å². The number of unbranched alkanes of at least 4 members (excludes halogenated alkanes) is 4. The second kappa shape index (κ2) is 8.97. The van der Waals surface area contributed by atoms with E-state index in [9.17, 15) is 0 Å². The minimum atomic E-state index is 0.406. The van der Waals surface area contributed by atoms with Crippen LogP contribution in [-0.2, 0) is 0 Å². The van der Waals surface area contributed by atoms with Gasteiger partial charge in [-0.3, -0.25) is 4.90 Å². The third-order valence-corrected chi connectivity index (χ3v) is 4.85. The Morgan fingerprint density at radius 1 is 1.11 bits per heavy atom. The summed E-state index contributed by atoms with van der Waals surface area (Å²) in [7, 11) is 0. The normalized spacial score (nSPS) is 21.2. The average Bonchev–Trinajstić information content (AvgIpc) is 2.85. The number of likely N-dealkylation sites (tertiary alicyclic amines) is 1. The van der Waals surface area contributed by atoms with Crippen molar-refractivity contribution in [3.05, 3.63) is 0 Å². The summed E-state index contributed by atoms with van der Waals surface area (Å²) in [5, 5.41) is 0. The predicted molar refractivity (Wildman–Crippen MR) is 85.4 cm³/mol. The Morgan fingerprint density at radius 2 is 1.84 bits per heavy atom. The molecule has 0 aromatic rings. The van der Waals surface area contributed by atoms with Gasteiger partial charge < -0.3 is 5.73 Å². The van der Waals surface area contributed by atoms with Crippen LogP contribution >= 0.6 is 0 Å². The minimum Gasteiger partial charge on any atom is -0.330 e. The van der Waals surface area contributed by atoms with Gasteiger partial charge in [-0.15, -0.1) is 0 Å². The first-order valence-corrected chi connectivity index (χ1v) is 8.55. The van der Waals surface area contributed by atoms with Crippen LogP contribution in [0.2, 0.25) is 0 Å². The van der Waals surface area contributed by atoms with E-state index in [1.807, 2.05) is 0 Å². The number of nitrogens with two attached hydrogens (primary N) is 1. The lowest BCUT2D eigenvalue weighted by Gasteiger charge is -2.36. The van der Waals surface area contributed by atoms with Gasteiger partial charge in [-0.25, -0.2) is 0 Å². The molecule has 0 amide bonds. The second-order valence-corrected chi connectivity index (χ2v) is 7.01. The lowest BCUT2D eigenvalue weighted by Crippen LogP contribution is -2.42. The Kier molecular flexibility index (Phi) is 8.01. The summed E-state index contributed by atoms with van der Waals surface area (Å²) in [6.07, 6.45) is 12.3. The molecule has 1 atom stereocenters. The van der Waals surface area contributed by atoms with Gasteiger partial charge in [0.15, 0.2) is 0 Å². The van der Waals surface area contributed by atoms with E-state index in [-0.39, 0.29) is 0 Å². The van der Waals surface area contributed by atoms with Crippen LogP contribution in [0.1, 0.15) is 78.6 Å². The molecule has 114 valence electrons. The molecule has 0 aliphatic carbocycles. The number of hydrogen-bond donors (Lipinski definition) is 1. The molecule has 1 aliphatic heterocycles. The van der Waals surface area contributed by atoms with E-state index in [0.717, 1.165) is 12.5 Å². The molecule has 0 aromatic carbocycles.